The monoisotopic (exact) mass is 584 g/mol. The first-order valence-electron chi connectivity index (χ1n) is 7.72. The maximum absolute atomic E-state index is 8.25. The highest BCUT2D eigenvalue weighted by atomic mass is 35.5. The highest BCUT2D eigenvalue weighted by Crippen LogP contribution is 2.54. The molecule has 0 amide bonds. The maximum Gasteiger partial charge on any atom is 0.415 e. The molecule has 0 aliphatic carbocycles. The zero-order valence-electron chi connectivity index (χ0n) is 15.5. The summed E-state index contributed by atoms with van der Waals surface area (Å²) in [5, 5.41) is 1.19. The lowest BCUT2D eigenvalue weighted by Crippen LogP contribution is -2.08. The molecule has 0 bridgehead atoms. The molecule has 0 spiro atoms. The van der Waals surface area contributed by atoms with Gasteiger partial charge >= 0.3 is 20.1 Å². The molecule has 9 nitrogen and oxygen atoms in total. The van der Waals surface area contributed by atoms with Crippen molar-refractivity contribution in [1.82, 2.24) is 0 Å². The van der Waals surface area contributed by atoms with Crippen LogP contribution in [0.25, 0.3) is 0 Å². The van der Waals surface area contributed by atoms with E-state index in [4.69, 9.17) is 69.4 Å². The Morgan fingerprint density at radius 3 is 1.35 bits per heavy atom. The minimum Gasteiger partial charge on any atom is -0.419 e. The van der Waals surface area contributed by atoms with Gasteiger partial charge in [-0.3, -0.25) is 0 Å². The van der Waals surface area contributed by atoms with Gasteiger partial charge in [0.25, 0.3) is 0 Å². The van der Waals surface area contributed by atoms with Crippen LogP contribution in [0.15, 0.2) is 53.3 Å². The molecular formula is C14H17Cl2N2O7P3S3. The Kier molecular flexibility index (Phi) is 11.5. The summed E-state index contributed by atoms with van der Waals surface area (Å²) in [5.41, 5.74) is 5.64. The van der Waals surface area contributed by atoms with Crippen molar-refractivity contribution >= 4 is 84.5 Å². The van der Waals surface area contributed by atoms with Gasteiger partial charge < -0.3 is 34.4 Å². The number of benzene rings is 2. The lowest BCUT2D eigenvalue weighted by atomic mass is 10.3. The minimum atomic E-state index is -4.01. The third kappa shape index (κ3) is 13.9. The molecule has 2 rings (SSSR count). The fourth-order valence-corrected chi connectivity index (χ4v) is 7.25. The van der Waals surface area contributed by atoms with E-state index >= 15 is 0 Å². The van der Waals surface area contributed by atoms with Gasteiger partial charge in [0.05, 0.1) is 0 Å². The number of nitrogens with two attached hydrogens (primary N) is 1. The third-order valence-corrected chi connectivity index (χ3v) is 8.10. The first-order chi connectivity index (χ1) is 14.1. The summed E-state index contributed by atoms with van der Waals surface area (Å²) < 4.78 is 19.3. The summed E-state index contributed by atoms with van der Waals surface area (Å²) in [5.74, 6) is 1.30. The Morgan fingerprint density at radius 2 is 1.13 bits per heavy atom. The fraction of sp³-hybridized carbons (Fsp3) is 0.0714. The summed E-state index contributed by atoms with van der Waals surface area (Å²) in [6.45, 7) is -9.43. The molecule has 0 fully saturated rings. The molecule has 17 heteroatoms. The lowest BCUT2D eigenvalue weighted by Gasteiger charge is -2.19. The van der Waals surface area contributed by atoms with Crippen molar-refractivity contribution in [3.05, 3.63) is 58.6 Å². The van der Waals surface area contributed by atoms with Crippen LogP contribution in [-0.4, -0.2) is 25.4 Å². The molecule has 0 aliphatic heterocycles. The maximum atomic E-state index is 8.25. The Balaban J connectivity index is 0.000000452. The van der Waals surface area contributed by atoms with Crippen LogP contribution in [0.5, 0.6) is 11.5 Å². The normalized spacial score (nSPS) is 12.5. The second-order valence-electron chi connectivity index (χ2n) is 5.36. The predicted molar refractivity (Wildman–Crippen MR) is 134 cm³/mol. The van der Waals surface area contributed by atoms with Crippen LogP contribution < -0.4 is 14.8 Å². The van der Waals surface area contributed by atoms with Crippen molar-refractivity contribution in [2.24, 2.45) is 10.5 Å². The molecule has 0 radical (unpaired) electrons. The number of rotatable bonds is 7. The van der Waals surface area contributed by atoms with Crippen LogP contribution in [0.1, 0.15) is 6.92 Å². The smallest absolute Gasteiger partial charge is 0.415 e. The van der Waals surface area contributed by atoms with Crippen molar-refractivity contribution in [2.75, 3.05) is 0 Å². The van der Waals surface area contributed by atoms with Gasteiger partial charge in [-0.15, -0.1) is 0 Å². The van der Waals surface area contributed by atoms with E-state index in [1.807, 2.05) is 0 Å². The van der Waals surface area contributed by atoms with E-state index in [0.29, 0.717) is 21.5 Å². The average Bonchev–Trinajstić information content (AvgIpc) is 2.55. The van der Waals surface area contributed by atoms with Crippen LogP contribution in [0, 0.1) is 0 Å². The van der Waals surface area contributed by atoms with Gasteiger partial charge in [0, 0.05) is 21.9 Å². The minimum absolute atomic E-state index is 0.284. The number of halogens is 2. The van der Waals surface area contributed by atoms with Gasteiger partial charge in [0.15, 0.2) is 0 Å². The molecule has 0 saturated heterocycles. The SMILES string of the molecule is CC(N)=NP(=S)(Oc1ccc(Cl)cc1)Oc1ccc(Cl)cc1.OP(O)(=S)OP(O)(O)=S. The molecule has 172 valence electrons. The molecule has 0 unspecified atom stereocenters. The van der Waals surface area contributed by atoms with Crippen molar-refractivity contribution in [2.45, 2.75) is 6.92 Å². The van der Waals surface area contributed by atoms with Crippen molar-refractivity contribution in [3.8, 4) is 11.5 Å². The molecule has 0 aromatic heterocycles. The Labute approximate surface area is 204 Å². The topological polar surface area (TPSA) is 147 Å². The second kappa shape index (κ2) is 12.3. The first kappa shape index (κ1) is 28.9. The van der Waals surface area contributed by atoms with Gasteiger partial charge in [0.1, 0.15) is 17.3 Å². The Morgan fingerprint density at radius 1 is 0.806 bits per heavy atom. The zero-order valence-corrected chi connectivity index (χ0v) is 22.1. The largest absolute Gasteiger partial charge is 0.419 e. The van der Waals surface area contributed by atoms with Crippen molar-refractivity contribution in [3.63, 3.8) is 0 Å². The zero-order chi connectivity index (χ0) is 23.9. The summed E-state index contributed by atoms with van der Waals surface area (Å²) in [6, 6.07) is 13.5. The Hall–Kier alpha value is -0.160. The standard InChI is InChI=1S/C14H13Cl2N2O2PS.H4O5P2S2/c1-10(17)18-21(22,19-13-6-2-11(15)3-7-13)20-14-8-4-12(16)5-9-14;1-6(2,8)5-7(3,4)9/h2-9H,1H3,(H2,17,18,22);(H2,1,2,8)(H2,3,4,9). The Bertz CT molecular complexity index is 971. The van der Waals surface area contributed by atoms with Crippen LogP contribution in [0.3, 0.4) is 0 Å². The number of nitrogens with zero attached hydrogens (tertiary/aromatic N) is 1. The van der Waals surface area contributed by atoms with E-state index in [-0.39, 0.29) is 5.84 Å². The summed E-state index contributed by atoms with van der Waals surface area (Å²) in [7, 11) is 0. The number of amidine groups is 1. The van der Waals surface area contributed by atoms with Gasteiger partial charge in [-0.1, -0.05) is 23.2 Å². The van der Waals surface area contributed by atoms with Crippen molar-refractivity contribution < 1.29 is 32.9 Å². The molecule has 0 aliphatic rings. The summed E-state index contributed by atoms with van der Waals surface area (Å²) in [6.07, 6.45) is 0. The molecular weight excluding hydrogens is 568 g/mol. The summed E-state index contributed by atoms with van der Waals surface area (Å²) >= 11 is 24.9. The van der Waals surface area contributed by atoms with Gasteiger partial charge in [0.2, 0.25) is 0 Å². The van der Waals surface area contributed by atoms with E-state index in [9.17, 15) is 0 Å². The molecule has 31 heavy (non-hydrogen) atoms. The fourth-order valence-electron chi connectivity index (χ4n) is 1.65. The molecule has 0 saturated carbocycles. The van der Waals surface area contributed by atoms with E-state index in [2.05, 4.69) is 32.7 Å². The molecule has 2 aromatic rings. The van der Waals surface area contributed by atoms with E-state index in [0.717, 1.165) is 0 Å². The lowest BCUT2D eigenvalue weighted by molar-refractivity contribution is 0.319. The number of hydrogen-bond donors (Lipinski definition) is 5. The quantitative estimate of drug-likeness (QED) is 0.178. The van der Waals surface area contributed by atoms with Gasteiger partial charge in [-0.05, 0) is 79.1 Å². The predicted octanol–water partition coefficient (Wildman–Crippen LogP) is 4.47. The molecule has 6 N–H and O–H groups in total. The highest BCUT2D eigenvalue weighted by molar-refractivity contribution is 8.13. The van der Waals surface area contributed by atoms with E-state index < -0.39 is 20.1 Å². The van der Waals surface area contributed by atoms with Crippen LogP contribution in [0.4, 0.5) is 0 Å². The summed E-state index contributed by atoms with van der Waals surface area (Å²) in [4.78, 5) is 33.0. The van der Waals surface area contributed by atoms with E-state index in [1.54, 1.807) is 55.5 Å². The first-order valence-corrected chi connectivity index (χ1v) is 16.3. The van der Waals surface area contributed by atoms with Crippen LogP contribution >= 0.6 is 43.3 Å². The highest BCUT2D eigenvalue weighted by Gasteiger charge is 2.22. The average molecular weight is 585 g/mol. The van der Waals surface area contributed by atoms with Gasteiger partial charge in [-0.25, -0.2) is 4.31 Å². The van der Waals surface area contributed by atoms with Gasteiger partial charge in [-0.2, -0.15) is 4.76 Å². The number of hydrogen-bond acceptors (Lipinski definition) is 6. The molecule has 0 atom stereocenters. The van der Waals surface area contributed by atoms with E-state index in [1.165, 1.54) is 0 Å². The molecule has 2 aromatic carbocycles. The van der Waals surface area contributed by atoms with Crippen LogP contribution in [-0.2, 0) is 39.7 Å². The van der Waals surface area contributed by atoms with Crippen LogP contribution in [0.2, 0.25) is 10.0 Å². The third-order valence-electron chi connectivity index (χ3n) is 2.56. The van der Waals surface area contributed by atoms with Crippen molar-refractivity contribution in [1.29, 1.82) is 0 Å². The second-order valence-corrected chi connectivity index (χ2v) is 14.6. The molecule has 0 heterocycles.